The van der Waals surface area contributed by atoms with Gasteiger partial charge in [-0.2, -0.15) is 0 Å². The Morgan fingerprint density at radius 2 is 1.91 bits per heavy atom. The largest absolute Gasteiger partial charge is 0.362 e. The third kappa shape index (κ3) is 5.41. The average molecular weight is 317 g/mol. The number of nitrogens with zero attached hydrogens (tertiary/aromatic N) is 1. The summed E-state index contributed by atoms with van der Waals surface area (Å²) in [7, 11) is 0. The number of aromatic nitrogens is 1. The van der Waals surface area contributed by atoms with Crippen LogP contribution in [0.2, 0.25) is 0 Å². The van der Waals surface area contributed by atoms with E-state index in [9.17, 15) is 4.39 Å². The van der Waals surface area contributed by atoms with Crippen molar-refractivity contribution in [2.24, 2.45) is 0 Å². The number of hydrogen-bond donors (Lipinski definition) is 2. The lowest BCUT2D eigenvalue weighted by atomic mass is 10.1. The number of aryl methyl sites for hydroxylation is 3. The summed E-state index contributed by atoms with van der Waals surface area (Å²) >= 11 is 5.26. The number of thiocarbonyl (C=S) groups is 1. The van der Waals surface area contributed by atoms with E-state index < -0.39 is 0 Å². The van der Waals surface area contributed by atoms with Crippen LogP contribution in [0.15, 0.2) is 36.4 Å². The first-order valence-corrected chi connectivity index (χ1v) is 7.68. The molecule has 1 heterocycles. The van der Waals surface area contributed by atoms with Crippen LogP contribution < -0.4 is 10.6 Å². The molecular weight excluding hydrogens is 297 g/mol. The molecule has 116 valence electrons. The monoisotopic (exact) mass is 317 g/mol. The lowest BCUT2D eigenvalue weighted by Crippen LogP contribution is -2.29. The van der Waals surface area contributed by atoms with Gasteiger partial charge in [0.05, 0.1) is 0 Å². The van der Waals surface area contributed by atoms with Crippen molar-refractivity contribution in [3.8, 4) is 0 Å². The lowest BCUT2D eigenvalue weighted by Gasteiger charge is -2.11. The van der Waals surface area contributed by atoms with E-state index >= 15 is 0 Å². The Kier molecular flexibility index (Phi) is 5.83. The topological polar surface area (TPSA) is 37.0 Å². The zero-order valence-corrected chi connectivity index (χ0v) is 13.6. The van der Waals surface area contributed by atoms with Crippen molar-refractivity contribution in [1.29, 1.82) is 0 Å². The number of anilines is 1. The Bertz CT molecular complexity index is 621. The number of pyridine rings is 1. The normalized spacial score (nSPS) is 10.3. The van der Waals surface area contributed by atoms with Crippen LogP contribution in [0.4, 0.5) is 10.2 Å². The van der Waals surface area contributed by atoms with Gasteiger partial charge in [-0.15, -0.1) is 0 Å². The number of rotatable bonds is 5. The third-order valence-corrected chi connectivity index (χ3v) is 3.43. The number of halogens is 1. The molecular formula is C17H20FN3S. The second kappa shape index (κ2) is 7.84. The SMILES string of the molecule is Cc1cc(C)nc(NC(=S)NCCCc2ccc(F)cc2)c1. The summed E-state index contributed by atoms with van der Waals surface area (Å²) in [6.45, 7) is 4.74. The Morgan fingerprint density at radius 1 is 1.18 bits per heavy atom. The fourth-order valence-electron chi connectivity index (χ4n) is 2.21. The maximum absolute atomic E-state index is 12.8. The molecule has 5 heteroatoms. The second-order valence-electron chi connectivity index (χ2n) is 5.28. The quantitative estimate of drug-likeness (QED) is 0.650. The van der Waals surface area contributed by atoms with E-state index in [0.29, 0.717) is 5.11 Å². The van der Waals surface area contributed by atoms with Crippen LogP contribution in [0.1, 0.15) is 23.2 Å². The maximum Gasteiger partial charge on any atom is 0.171 e. The predicted molar refractivity (Wildman–Crippen MR) is 92.7 cm³/mol. The number of hydrogen-bond acceptors (Lipinski definition) is 2. The third-order valence-electron chi connectivity index (χ3n) is 3.18. The van der Waals surface area contributed by atoms with Crippen LogP contribution in [-0.4, -0.2) is 16.6 Å². The first-order valence-electron chi connectivity index (χ1n) is 7.27. The van der Waals surface area contributed by atoms with Crippen molar-refractivity contribution in [2.45, 2.75) is 26.7 Å². The number of nitrogens with one attached hydrogen (secondary N) is 2. The molecule has 1 aromatic heterocycles. The summed E-state index contributed by atoms with van der Waals surface area (Å²) in [5.74, 6) is 0.557. The molecule has 0 atom stereocenters. The fraction of sp³-hybridized carbons (Fsp3) is 0.294. The number of benzene rings is 1. The molecule has 0 bridgehead atoms. The molecule has 0 radical (unpaired) electrons. The molecule has 2 rings (SSSR count). The Morgan fingerprint density at radius 3 is 2.59 bits per heavy atom. The molecule has 0 saturated heterocycles. The standard InChI is InChI=1S/C17H20FN3S/c1-12-10-13(2)20-16(11-12)21-17(22)19-9-3-4-14-5-7-15(18)8-6-14/h5-8,10-11H,3-4,9H2,1-2H3,(H2,19,20,21,22). The van der Waals surface area contributed by atoms with E-state index in [-0.39, 0.29) is 5.82 Å². The smallest absolute Gasteiger partial charge is 0.171 e. The van der Waals surface area contributed by atoms with Crippen LogP contribution in [0.3, 0.4) is 0 Å². The molecule has 0 fully saturated rings. The zero-order valence-electron chi connectivity index (χ0n) is 12.8. The van der Waals surface area contributed by atoms with Gasteiger partial charge in [0.2, 0.25) is 0 Å². The highest BCUT2D eigenvalue weighted by Crippen LogP contribution is 2.09. The summed E-state index contributed by atoms with van der Waals surface area (Å²) in [6, 6.07) is 10.6. The van der Waals surface area contributed by atoms with Gasteiger partial charge in [0.15, 0.2) is 5.11 Å². The zero-order chi connectivity index (χ0) is 15.9. The minimum absolute atomic E-state index is 0.201. The molecule has 2 aromatic rings. The van der Waals surface area contributed by atoms with Gasteiger partial charge in [-0.3, -0.25) is 0 Å². The highest BCUT2D eigenvalue weighted by molar-refractivity contribution is 7.80. The molecule has 0 aliphatic rings. The molecule has 3 nitrogen and oxygen atoms in total. The first-order chi connectivity index (χ1) is 10.5. The predicted octanol–water partition coefficient (Wildman–Crippen LogP) is 3.76. The molecule has 0 unspecified atom stereocenters. The molecule has 0 spiro atoms. The Labute approximate surface area is 136 Å². The van der Waals surface area contributed by atoms with Crippen LogP contribution in [0.5, 0.6) is 0 Å². The van der Waals surface area contributed by atoms with Crippen molar-refractivity contribution in [1.82, 2.24) is 10.3 Å². The van der Waals surface area contributed by atoms with Gasteiger partial charge in [-0.1, -0.05) is 12.1 Å². The molecule has 22 heavy (non-hydrogen) atoms. The van der Waals surface area contributed by atoms with Crippen molar-refractivity contribution >= 4 is 23.1 Å². The summed E-state index contributed by atoms with van der Waals surface area (Å²) in [6.07, 6.45) is 1.81. The van der Waals surface area contributed by atoms with E-state index in [0.717, 1.165) is 42.0 Å². The van der Waals surface area contributed by atoms with Crippen molar-refractivity contribution in [2.75, 3.05) is 11.9 Å². The van der Waals surface area contributed by atoms with Crippen LogP contribution in [0, 0.1) is 19.7 Å². The van der Waals surface area contributed by atoms with Crippen molar-refractivity contribution in [3.05, 3.63) is 59.0 Å². The van der Waals surface area contributed by atoms with Crippen LogP contribution in [0.25, 0.3) is 0 Å². The van der Waals surface area contributed by atoms with Gasteiger partial charge in [0.25, 0.3) is 0 Å². The van der Waals surface area contributed by atoms with Gasteiger partial charge < -0.3 is 10.6 Å². The van der Waals surface area contributed by atoms with Crippen molar-refractivity contribution < 1.29 is 4.39 Å². The Balaban J connectivity index is 1.72. The molecule has 0 saturated carbocycles. The van der Waals surface area contributed by atoms with E-state index in [1.807, 2.05) is 38.1 Å². The fourth-order valence-corrected chi connectivity index (χ4v) is 2.42. The van der Waals surface area contributed by atoms with Gasteiger partial charge in [0, 0.05) is 12.2 Å². The summed E-state index contributed by atoms with van der Waals surface area (Å²) in [5.41, 5.74) is 3.23. The minimum Gasteiger partial charge on any atom is -0.362 e. The Hall–Kier alpha value is -2.01. The van der Waals surface area contributed by atoms with Crippen LogP contribution >= 0.6 is 12.2 Å². The minimum atomic E-state index is -0.201. The molecule has 0 aliphatic heterocycles. The van der Waals surface area contributed by atoms with E-state index in [1.54, 1.807) is 0 Å². The van der Waals surface area contributed by atoms with Gasteiger partial charge >= 0.3 is 0 Å². The summed E-state index contributed by atoms with van der Waals surface area (Å²) in [5, 5.41) is 6.81. The maximum atomic E-state index is 12.8. The van der Waals surface area contributed by atoms with Gasteiger partial charge in [-0.25, -0.2) is 9.37 Å². The van der Waals surface area contributed by atoms with E-state index in [1.165, 1.54) is 12.1 Å². The molecule has 1 aromatic carbocycles. The van der Waals surface area contributed by atoms with Crippen LogP contribution in [-0.2, 0) is 6.42 Å². The van der Waals surface area contributed by atoms with Gasteiger partial charge in [0.1, 0.15) is 11.6 Å². The highest BCUT2D eigenvalue weighted by Gasteiger charge is 2.01. The second-order valence-corrected chi connectivity index (χ2v) is 5.69. The molecule has 0 amide bonds. The van der Waals surface area contributed by atoms with E-state index in [4.69, 9.17) is 12.2 Å². The average Bonchev–Trinajstić information content (AvgIpc) is 2.44. The van der Waals surface area contributed by atoms with E-state index in [2.05, 4.69) is 15.6 Å². The van der Waals surface area contributed by atoms with Gasteiger partial charge in [-0.05, 0) is 74.3 Å². The van der Waals surface area contributed by atoms with Crippen molar-refractivity contribution in [3.63, 3.8) is 0 Å². The molecule has 2 N–H and O–H groups in total. The first kappa shape index (κ1) is 16.4. The lowest BCUT2D eigenvalue weighted by molar-refractivity contribution is 0.626. The molecule has 0 aliphatic carbocycles. The summed E-state index contributed by atoms with van der Waals surface area (Å²) < 4.78 is 12.8. The highest BCUT2D eigenvalue weighted by atomic mass is 32.1. The summed E-state index contributed by atoms with van der Waals surface area (Å²) in [4.78, 5) is 4.38.